The molecule has 2 rings (SSSR count). The van der Waals surface area contributed by atoms with Crippen molar-refractivity contribution in [3.63, 3.8) is 0 Å². The summed E-state index contributed by atoms with van der Waals surface area (Å²) in [6, 6.07) is 0. The zero-order valence-corrected chi connectivity index (χ0v) is 9.45. The minimum absolute atomic E-state index is 0.0208. The van der Waals surface area contributed by atoms with Crippen LogP contribution in [0.25, 0.3) is 0 Å². The van der Waals surface area contributed by atoms with Gasteiger partial charge in [-0.2, -0.15) is 0 Å². The second kappa shape index (κ2) is 4.65. The highest BCUT2D eigenvalue weighted by Gasteiger charge is 2.36. The van der Waals surface area contributed by atoms with E-state index in [1.807, 2.05) is 0 Å². The molecular formula is C13H22O2. The molecule has 1 N–H and O–H groups in total. The number of hydrogen-bond donors (Lipinski definition) is 1. The van der Waals surface area contributed by atoms with Crippen molar-refractivity contribution in [2.45, 2.75) is 63.9 Å². The number of aliphatic hydroxyl groups is 1. The summed E-state index contributed by atoms with van der Waals surface area (Å²) >= 11 is 0. The number of carbonyl (C=O) groups excluding carboxylic acids is 1. The van der Waals surface area contributed by atoms with Crippen molar-refractivity contribution < 1.29 is 9.90 Å². The van der Waals surface area contributed by atoms with Crippen LogP contribution >= 0.6 is 0 Å². The first-order chi connectivity index (χ1) is 7.24. The van der Waals surface area contributed by atoms with Crippen molar-refractivity contribution in [3.05, 3.63) is 0 Å². The highest BCUT2D eigenvalue weighted by atomic mass is 16.3. The van der Waals surface area contributed by atoms with Crippen molar-refractivity contribution in [1.29, 1.82) is 0 Å². The zero-order chi connectivity index (χ0) is 10.7. The first kappa shape index (κ1) is 11.1. The molecule has 0 aromatic rings. The molecule has 15 heavy (non-hydrogen) atoms. The van der Waals surface area contributed by atoms with Crippen LogP contribution in [0.1, 0.15) is 57.8 Å². The summed E-state index contributed by atoms with van der Waals surface area (Å²) in [6.07, 6.45) is 11.0. The summed E-state index contributed by atoms with van der Waals surface area (Å²) < 4.78 is 0. The number of rotatable bonds is 3. The third kappa shape index (κ3) is 2.60. The van der Waals surface area contributed by atoms with E-state index in [2.05, 4.69) is 0 Å². The van der Waals surface area contributed by atoms with Crippen LogP contribution in [0, 0.1) is 11.3 Å². The van der Waals surface area contributed by atoms with E-state index < -0.39 is 0 Å². The summed E-state index contributed by atoms with van der Waals surface area (Å²) in [4.78, 5) is 11.2. The highest BCUT2D eigenvalue weighted by Crippen LogP contribution is 2.44. The van der Waals surface area contributed by atoms with Crippen LogP contribution in [0.2, 0.25) is 0 Å². The summed E-state index contributed by atoms with van der Waals surface area (Å²) in [7, 11) is 0. The molecule has 0 bridgehead atoms. The van der Waals surface area contributed by atoms with E-state index in [-0.39, 0.29) is 11.5 Å². The van der Waals surface area contributed by atoms with Gasteiger partial charge in [0, 0.05) is 5.41 Å². The van der Waals surface area contributed by atoms with Gasteiger partial charge in [0.15, 0.2) is 0 Å². The fraction of sp³-hybridized carbons (Fsp3) is 0.923. The second-order valence-electron chi connectivity index (χ2n) is 5.57. The van der Waals surface area contributed by atoms with Crippen LogP contribution in [0.4, 0.5) is 0 Å². The van der Waals surface area contributed by atoms with Gasteiger partial charge >= 0.3 is 0 Å². The van der Waals surface area contributed by atoms with E-state index >= 15 is 0 Å². The maximum absolute atomic E-state index is 11.2. The Labute approximate surface area is 92.1 Å². The lowest BCUT2D eigenvalue weighted by molar-refractivity contribution is -0.117. The fourth-order valence-electron chi connectivity index (χ4n) is 3.37. The van der Waals surface area contributed by atoms with E-state index in [1.54, 1.807) is 0 Å². The van der Waals surface area contributed by atoms with Crippen LogP contribution in [0.3, 0.4) is 0 Å². The smallest absolute Gasteiger partial charge is 0.126 e. The van der Waals surface area contributed by atoms with E-state index in [4.69, 9.17) is 0 Å². The summed E-state index contributed by atoms with van der Waals surface area (Å²) in [5.41, 5.74) is 0.0208. The molecule has 86 valence electrons. The molecule has 0 saturated heterocycles. The third-order valence-corrected chi connectivity index (χ3v) is 4.36. The first-order valence-corrected chi connectivity index (χ1v) is 6.38. The molecule has 2 aliphatic carbocycles. The average molecular weight is 210 g/mol. The normalized spacial score (nSPS) is 35.3. The fourth-order valence-corrected chi connectivity index (χ4v) is 3.37. The molecule has 2 saturated carbocycles. The van der Waals surface area contributed by atoms with Crippen molar-refractivity contribution in [2.24, 2.45) is 11.3 Å². The molecule has 2 nitrogen and oxygen atoms in total. The Morgan fingerprint density at radius 1 is 1.13 bits per heavy atom. The average Bonchev–Trinajstić information content (AvgIpc) is 2.71. The topological polar surface area (TPSA) is 37.3 Å². The summed E-state index contributed by atoms with van der Waals surface area (Å²) in [6.45, 7) is 0. The van der Waals surface area contributed by atoms with Gasteiger partial charge in [-0.15, -0.1) is 0 Å². The van der Waals surface area contributed by atoms with Gasteiger partial charge in [0.1, 0.15) is 6.29 Å². The van der Waals surface area contributed by atoms with Gasteiger partial charge in [0.25, 0.3) is 0 Å². The lowest BCUT2D eigenvalue weighted by Crippen LogP contribution is -2.26. The van der Waals surface area contributed by atoms with E-state index in [1.165, 1.54) is 19.1 Å². The SMILES string of the molecule is O=CC1(CC2CCC(O)CC2)CCCC1. The summed E-state index contributed by atoms with van der Waals surface area (Å²) in [5.74, 6) is 0.691. The Morgan fingerprint density at radius 2 is 1.73 bits per heavy atom. The number of aldehydes is 1. The molecule has 0 radical (unpaired) electrons. The van der Waals surface area contributed by atoms with Gasteiger partial charge in [-0.1, -0.05) is 12.8 Å². The Kier molecular flexibility index (Phi) is 3.45. The molecule has 0 spiro atoms. The first-order valence-electron chi connectivity index (χ1n) is 6.38. The Balaban J connectivity index is 1.87. The predicted molar refractivity (Wildman–Crippen MR) is 59.5 cm³/mol. The lowest BCUT2D eigenvalue weighted by atomic mass is 9.74. The van der Waals surface area contributed by atoms with E-state index in [0.717, 1.165) is 44.9 Å². The summed E-state index contributed by atoms with van der Waals surface area (Å²) in [5, 5.41) is 9.44. The minimum atomic E-state index is -0.0722. The molecule has 0 aromatic heterocycles. The third-order valence-electron chi connectivity index (χ3n) is 4.36. The van der Waals surface area contributed by atoms with Gasteiger partial charge in [0.2, 0.25) is 0 Å². The van der Waals surface area contributed by atoms with Crippen LogP contribution in [-0.2, 0) is 4.79 Å². The lowest BCUT2D eigenvalue weighted by Gasteiger charge is -2.31. The Morgan fingerprint density at radius 3 is 2.27 bits per heavy atom. The molecule has 0 atom stereocenters. The van der Waals surface area contributed by atoms with Crippen molar-refractivity contribution in [1.82, 2.24) is 0 Å². The van der Waals surface area contributed by atoms with E-state index in [9.17, 15) is 9.90 Å². The molecule has 0 heterocycles. The molecule has 2 aliphatic rings. The second-order valence-corrected chi connectivity index (χ2v) is 5.57. The van der Waals surface area contributed by atoms with Gasteiger partial charge in [-0.05, 0) is 50.9 Å². The molecule has 2 heteroatoms. The molecule has 0 amide bonds. The highest BCUT2D eigenvalue weighted by molar-refractivity contribution is 5.59. The van der Waals surface area contributed by atoms with Gasteiger partial charge in [-0.25, -0.2) is 0 Å². The molecule has 0 unspecified atom stereocenters. The molecule has 0 aromatic carbocycles. The monoisotopic (exact) mass is 210 g/mol. The molecular weight excluding hydrogens is 188 g/mol. The van der Waals surface area contributed by atoms with Crippen molar-refractivity contribution >= 4 is 6.29 Å². The Hall–Kier alpha value is -0.370. The predicted octanol–water partition coefficient (Wildman–Crippen LogP) is 2.69. The van der Waals surface area contributed by atoms with Crippen LogP contribution in [0.15, 0.2) is 0 Å². The maximum Gasteiger partial charge on any atom is 0.126 e. The van der Waals surface area contributed by atoms with Gasteiger partial charge < -0.3 is 9.90 Å². The minimum Gasteiger partial charge on any atom is -0.393 e. The standard InChI is InChI=1S/C13H22O2/c14-10-13(7-1-2-8-13)9-11-3-5-12(15)6-4-11/h10-12,15H,1-9H2. The van der Waals surface area contributed by atoms with Crippen LogP contribution in [-0.4, -0.2) is 17.5 Å². The van der Waals surface area contributed by atoms with Gasteiger partial charge in [-0.3, -0.25) is 0 Å². The maximum atomic E-state index is 11.2. The number of carbonyl (C=O) groups is 1. The number of aliphatic hydroxyl groups excluding tert-OH is 1. The van der Waals surface area contributed by atoms with Gasteiger partial charge in [0.05, 0.1) is 6.10 Å². The van der Waals surface area contributed by atoms with E-state index in [0.29, 0.717) is 5.92 Å². The van der Waals surface area contributed by atoms with Crippen LogP contribution < -0.4 is 0 Å². The molecule has 2 fully saturated rings. The van der Waals surface area contributed by atoms with Crippen molar-refractivity contribution in [2.75, 3.05) is 0 Å². The Bertz CT molecular complexity index is 211. The number of hydrogen-bond acceptors (Lipinski definition) is 2. The molecule has 0 aliphatic heterocycles. The van der Waals surface area contributed by atoms with Crippen molar-refractivity contribution in [3.8, 4) is 0 Å². The quantitative estimate of drug-likeness (QED) is 0.727. The largest absolute Gasteiger partial charge is 0.393 e. The zero-order valence-electron chi connectivity index (χ0n) is 9.45. The van der Waals surface area contributed by atoms with Crippen LogP contribution in [0.5, 0.6) is 0 Å².